The number of aliphatic hydroxyl groups is 1. The number of carbonyl (C=O) groups is 2. The summed E-state index contributed by atoms with van der Waals surface area (Å²) in [5.74, 6) is -0.519. The van der Waals surface area contributed by atoms with Gasteiger partial charge < -0.3 is 20.1 Å². The number of allylic oxidation sites excluding steroid dienone is 4. The topological polar surface area (TPSA) is 131 Å². The average molecular weight is 828 g/mol. The van der Waals surface area contributed by atoms with Gasteiger partial charge in [0, 0.05) is 19.4 Å². The zero-order valence-corrected chi connectivity index (χ0v) is 37.9. The molecule has 0 aromatic heterocycles. The number of aliphatic hydroxyl groups excluding tert-OH is 1. The lowest BCUT2D eigenvalue weighted by molar-refractivity contribution is -0.147. The average Bonchev–Trinajstić information content (AvgIpc) is 3.20. The lowest BCUT2D eigenvalue weighted by Crippen LogP contribution is -2.27. The van der Waals surface area contributed by atoms with Crippen molar-refractivity contribution in [2.45, 2.75) is 238 Å². The third-order valence-electron chi connectivity index (χ3n) is 10.4. The number of hydrogen-bond acceptors (Lipinski definition) is 7. The minimum atomic E-state index is -4.42. The summed E-state index contributed by atoms with van der Waals surface area (Å²) in [5.41, 5.74) is 0. The van der Waals surface area contributed by atoms with Crippen LogP contribution in [0.3, 0.4) is 0 Å². The molecule has 0 rings (SSSR count). The molecule has 2 unspecified atom stereocenters. The summed E-state index contributed by atoms with van der Waals surface area (Å²) < 4.78 is 26.9. The first-order valence-corrected chi connectivity index (χ1v) is 25.3. The monoisotopic (exact) mass is 828 g/mol. The molecule has 10 heteroatoms. The van der Waals surface area contributed by atoms with Crippen molar-refractivity contribution in [2.75, 3.05) is 26.4 Å². The third-order valence-corrected chi connectivity index (χ3v) is 11.3. The number of ether oxygens (including phenoxy) is 1. The first-order valence-electron chi connectivity index (χ1n) is 23.8. The summed E-state index contributed by atoms with van der Waals surface area (Å²) >= 11 is 0. The molecule has 9 nitrogen and oxygen atoms in total. The number of rotatable bonds is 45. The summed E-state index contributed by atoms with van der Waals surface area (Å²) in [6.45, 7) is 3.55. The van der Waals surface area contributed by atoms with Gasteiger partial charge >= 0.3 is 13.8 Å². The van der Waals surface area contributed by atoms with Crippen LogP contribution < -0.4 is 5.32 Å². The highest BCUT2D eigenvalue weighted by Crippen LogP contribution is 2.42. The number of carbonyl (C=O) groups excluding carboxylic acids is 2. The maximum atomic E-state index is 12.1. The summed E-state index contributed by atoms with van der Waals surface area (Å²) in [6.07, 6.45) is 48.3. The van der Waals surface area contributed by atoms with Gasteiger partial charge in [0.05, 0.1) is 13.2 Å². The van der Waals surface area contributed by atoms with Gasteiger partial charge in [-0.15, -0.1) is 0 Å². The maximum absolute atomic E-state index is 12.1. The number of hydrogen-bond donors (Lipinski definition) is 3. The Bertz CT molecular complexity index is 990. The van der Waals surface area contributed by atoms with Gasteiger partial charge in [0.2, 0.25) is 5.91 Å². The van der Waals surface area contributed by atoms with E-state index in [9.17, 15) is 24.2 Å². The van der Waals surface area contributed by atoms with Crippen LogP contribution in [0, 0.1) is 0 Å². The maximum Gasteiger partial charge on any atom is 0.472 e. The Morgan fingerprint density at radius 2 is 0.895 bits per heavy atom. The van der Waals surface area contributed by atoms with Crippen molar-refractivity contribution in [1.82, 2.24) is 5.32 Å². The Balaban J connectivity index is 3.53. The fourth-order valence-corrected chi connectivity index (χ4v) is 7.48. The van der Waals surface area contributed by atoms with Crippen molar-refractivity contribution in [2.24, 2.45) is 0 Å². The smallest absolute Gasteiger partial charge is 0.463 e. The predicted octanol–water partition coefficient (Wildman–Crippen LogP) is 13.6. The lowest BCUT2D eigenvalue weighted by Gasteiger charge is -2.15. The lowest BCUT2D eigenvalue weighted by atomic mass is 10.0. The van der Waals surface area contributed by atoms with Crippen LogP contribution in [-0.2, 0) is 27.9 Å². The van der Waals surface area contributed by atoms with E-state index in [1.165, 1.54) is 148 Å². The molecule has 57 heavy (non-hydrogen) atoms. The van der Waals surface area contributed by atoms with Crippen molar-refractivity contribution in [1.29, 1.82) is 0 Å². The molecule has 0 heterocycles. The van der Waals surface area contributed by atoms with E-state index >= 15 is 0 Å². The Morgan fingerprint density at radius 3 is 1.33 bits per heavy atom. The molecule has 0 aliphatic rings. The highest BCUT2D eigenvalue weighted by Gasteiger charge is 2.23. The molecule has 0 aromatic carbocycles. The van der Waals surface area contributed by atoms with E-state index in [0.29, 0.717) is 6.42 Å². The molecule has 3 N–H and O–H groups in total. The van der Waals surface area contributed by atoms with Gasteiger partial charge in [-0.3, -0.25) is 18.6 Å². The number of phosphoric ester groups is 1. The van der Waals surface area contributed by atoms with Crippen LogP contribution in [0.5, 0.6) is 0 Å². The van der Waals surface area contributed by atoms with E-state index in [1.54, 1.807) is 0 Å². The first-order chi connectivity index (χ1) is 27.8. The van der Waals surface area contributed by atoms with Crippen LogP contribution in [0.2, 0.25) is 0 Å². The molecule has 0 saturated carbocycles. The predicted molar refractivity (Wildman–Crippen MR) is 238 cm³/mol. The standard InChI is InChI=1S/C47H90NO8P/c1-3-5-7-9-11-13-15-17-18-19-20-21-22-23-24-25-26-28-29-31-33-35-37-39-46(50)48-41-42-55-57(52,53)56-44-45(49)43-54-47(51)40-38-36-34-32-30-27-16-14-12-10-8-6-4-2/h14,16-18,45,49H,3-13,15,19-44H2,1-2H3,(H,48,50)(H,52,53)/b16-14-,18-17+. The van der Waals surface area contributed by atoms with Gasteiger partial charge in [-0.05, 0) is 64.2 Å². The van der Waals surface area contributed by atoms with Crippen LogP contribution >= 0.6 is 7.82 Å². The largest absolute Gasteiger partial charge is 0.472 e. The molecule has 0 bridgehead atoms. The van der Waals surface area contributed by atoms with E-state index in [0.717, 1.165) is 57.8 Å². The molecule has 1 amide bonds. The van der Waals surface area contributed by atoms with Crippen molar-refractivity contribution >= 4 is 19.7 Å². The van der Waals surface area contributed by atoms with E-state index < -0.39 is 26.5 Å². The van der Waals surface area contributed by atoms with Crippen LogP contribution in [0.1, 0.15) is 232 Å². The first kappa shape index (κ1) is 55.5. The Hall–Kier alpha value is -1.51. The second-order valence-electron chi connectivity index (χ2n) is 16.1. The van der Waals surface area contributed by atoms with E-state index in [4.69, 9.17) is 13.8 Å². The van der Waals surface area contributed by atoms with Crippen LogP contribution in [0.4, 0.5) is 0 Å². The molecule has 0 fully saturated rings. The second kappa shape index (κ2) is 44.1. The van der Waals surface area contributed by atoms with Gasteiger partial charge in [0.25, 0.3) is 0 Å². The number of esters is 1. The van der Waals surface area contributed by atoms with Gasteiger partial charge in [0.15, 0.2) is 0 Å². The number of phosphoric acid groups is 1. The minimum absolute atomic E-state index is 0.0832. The summed E-state index contributed by atoms with van der Waals surface area (Å²) in [7, 11) is -4.42. The molecule has 0 saturated heterocycles. The molecule has 0 spiro atoms. The van der Waals surface area contributed by atoms with Gasteiger partial charge in [-0.2, -0.15) is 0 Å². The highest BCUT2D eigenvalue weighted by molar-refractivity contribution is 7.47. The molecular formula is C47H90NO8P. The normalized spacial score (nSPS) is 13.4. The molecule has 336 valence electrons. The highest BCUT2D eigenvalue weighted by atomic mass is 31.2. The summed E-state index contributed by atoms with van der Waals surface area (Å²) in [5, 5.41) is 12.7. The third kappa shape index (κ3) is 45.4. The zero-order chi connectivity index (χ0) is 41.8. The van der Waals surface area contributed by atoms with Crippen molar-refractivity contribution < 1.29 is 37.9 Å². The zero-order valence-electron chi connectivity index (χ0n) is 37.0. The molecule has 0 aliphatic heterocycles. The minimum Gasteiger partial charge on any atom is -0.463 e. The van der Waals surface area contributed by atoms with E-state index in [2.05, 4.69) is 43.5 Å². The van der Waals surface area contributed by atoms with E-state index in [1.807, 2.05) is 0 Å². The van der Waals surface area contributed by atoms with Crippen LogP contribution in [0.25, 0.3) is 0 Å². The van der Waals surface area contributed by atoms with Crippen LogP contribution in [0.15, 0.2) is 24.3 Å². The molecule has 0 aliphatic carbocycles. The van der Waals surface area contributed by atoms with Crippen molar-refractivity contribution in [3.63, 3.8) is 0 Å². The van der Waals surface area contributed by atoms with E-state index in [-0.39, 0.29) is 32.1 Å². The van der Waals surface area contributed by atoms with Gasteiger partial charge in [-0.1, -0.05) is 179 Å². The SMILES string of the molecule is CCCCCC/C=C\CCCCCCCC(=O)OCC(O)COP(=O)(O)OCCNC(=O)CCCCCCCCCCCCCCC/C=C/CCCCCCCC. The fourth-order valence-electron chi connectivity index (χ4n) is 6.72. The van der Waals surface area contributed by atoms with Crippen molar-refractivity contribution in [3.05, 3.63) is 24.3 Å². The van der Waals surface area contributed by atoms with Crippen molar-refractivity contribution in [3.8, 4) is 0 Å². The molecule has 2 atom stereocenters. The number of unbranched alkanes of at least 4 members (excludes halogenated alkanes) is 28. The van der Waals surface area contributed by atoms with Gasteiger partial charge in [-0.25, -0.2) is 4.57 Å². The quantitative estimate of drug-likeness (QED) is 0.0239. The second-order valence-corrected chi connectivity index (χ2v) is 17.5. The summed E-state index contributed by atoms with van der Waals surface area (Å²) in [6, 6.07) is 0. The molecule has 0 radical (unpaired) electrons. The number of amides is 1. The molecule has 0 aromatic rings. The fraction of sp³-hybridized carbons (Fsp3) is 0.872. The van der Waals surface area contributed by atoms with Crippen LogP contribution in [-0.4, -0.2) is 54.3 Å². The number of nitrogens with one attached hydrogen (secondary N) is 1. The summed E-state index contributed by atoms with van der Waals surface area (Å²) in [4.78, 5) is 33.9. The Morgan fingerprint density at radius 1 is 0.526 bits per heavy atom. The van der Waals surface area contributed by atoms with Gasteiger partial charge in [0.1, 0.15) is 12.7 Å². The Labute approximate surface area is 350 Å². The molecular weight excluding hydrogens is 737 g/mol. The Kier molecular flexibility index (Phi) is 42.9.